The number of carboxylic acids is 1. The van der Waals surface area contributed by atoms with Crippen molar-refractivity contribution < 1.29 is 24.2 Å². The fourth-order valence-corrected chi connectivity index (χ4v) is 1.99. The van der Waals surface area contributed by atoms with Gasteiger partial charge in [0.2, 0.25) is 0 Å². The average molecular weight is 294 g/mol. The normalized spacial score (nSPS) is 17.8. The van der Waals surface area contributed by atoms with E-state index in [-0.39, 0.29) is 12.1 Å². The van der Waals surface area contributed by atoms with Crippen LogP contribution < -0.4 is 15.4 Å². The van der Waals surface area contributed by atoms with Crippen LogP contribution in [0.4, 0.5) is 10.5 Å². The summed E-state index contributed by atoms with van der Waals surface area (Å²) in [6, 6.07) is 6.24. The number of rotatable bonds is 5. The molecule has 1 aliphatic rings. The number of aliphatic carboxylic acids is 1. The van der Waals surface area contributed by atoms with E-state index in [0.717, 1.165) is 19.4 Å². The highest BCUT2D eigenvalue weighted by Crippen LogP contribution is 2.15. The Labute approximate surface area is 122 Å². The summed E-state index contributed by atoms with van der Waals surface area (Å²) in [5.41, 5.74) is 0.604. The van der Waals surface area contributed by atoms with Gasteiger partial charge in [0.1, 0.15) is 5.75 Å². The summed E-state index contributed by atoms with van der Waals surface area (Å²) in [6.45, 7) is 0.891. The summed E-state index contributed by atoms with van der Waals surface area (Å²) in [5.74, 6) is -0.602. The second-order valence-corrected chi connectivity index (χ2v) is 4.72. The molecule has 7 nitrogen and oxygen atoms in total. The number of amides is 2. The Kier molecular flexibility index (Phi) is 5.39. The van der Waals surface area contributed by atoms with Gasteiger partial charge in [-0.2, -0.15) is 0 Å². The first-order valence-electron chi connectivity index (χ1n) is 6.73. The lowest BCUT2D eigenvalue weighted by atomic mass is 10.1. The Morgan fingerprint density at radius 3 is 2.71 bits per heavy atom. The van der Waals surface area contributed by atoms with Crippen LogP contribution in [-0.2, 0) is 9.53 Å². The van der Waals surface area contributed by atoms with Crippen LogP contribution in [0.3, 0.4) is 0 Å². The first kappa shape index (κ1) is 15.1. The highest BCUT2D eigenvalue weighted by Gasteiger charge is 2.15. The third kappa shape index (κ3) is 5.31. The minimum absolute atomic E-state index is 0.0388. The van der Waals surface area contributed by atoms with E-state index < -0.39 is 12.6 Å². The highest BCUT2D eigenvalue weighted by molar-refractivity contribution is 5.89. The molecule has 0 radical (unpaired) electrons. The van der Waals surface area contributed by atoms with Gasteiger partial charge in [0.05, 0.1) is 12.6 Å². The summed E-state index contributed by atoms with van der Waals surface area (Å²) >= 11 is 0. The van der Waals surface area contributed by atoms with Crippen molar-refractivity contribution in [2.45, 2.75) is 18.9 Å². The van der Waals surface area contributed by atoms with E-state index in [2.05, 4.69) is 10.6 Å². The van der Waals surface area contributed by atoms with E-state index in [1.807, 2.05) is 0 Å². The van der Waals surface area contributed by atoms with Gasteiger partial charge in [0, 0.05) is 12.3 Å². The molecule has 21 heavy (non-hydrogen) atoms. The molecule has 0 bridgehead atoms. The zero-order valence-electron chi connectivity index (χ0n) is 11.5. The Balaban J connectivity index is 1.79. The van der Waals surface area contributed by atoms with Gasteiger partial charge in [0.25, 0.3) is 0 Å². The van der Waals surface area contributed by atoms with Crippen LogP contribution in [0, 0.1) is 0 Å². The smallest absolute Gasteiger partial charge is 0.341 e. The van der Waals surface area contributed by atoms with Gasteiger partial charge in [-0.25, -0.2) is 9.59 Å². The van der Waals surface area contributed by atoms with Gasteiger partial charge < -0.3 is 25.2 Å². The molecule has 1 heterocycles. The van der Waals surface area contributed by atoms with Crippen LogP contribution >= 0.6 is 0 Å². The zero-order valence-corrected chi connectivity index (χ0v) is 11.5. The van der Waals surface area contributed by atoms with Crippen molar-refractivity contribution in [2.24, 2.45) is 0 Å². The topological polar surface area (TPSA) is 96.9 Å². The maximum Gasteiger partial charge on any atom is 0.341 e. The van der Waals surface area contributed by atoms with Gasteiger partial charge in [-0.3, -0.25) is 0 Å². The molecule has 1 atom stereocenters. The van der Waals surface area contributed by atoms with Crippen molar-refractivity contribution in [1.29, 1.82) is 0 Å². The van der Waals surface area contributed by atoms with Crippen LogP contribution in [-0.4, -0.2) is 43.0 Å². The van der Waals surface area contributed by atoms with E-state index >= 15 is 0 Å². The number of carbonyl (C=O) groups excluding carboxylic acids is 1. The van der Waals surface area contributed by atoms with Gasteiger partial charge in [-0.1, -0.05) is 0 Å². The van der Waals surface area contributed by atoms with Crippen molar-refractivity contribution in [2.75, 3.05) is 25.1 Å². The molecule has 1 saturated heterocycles. The molecule has 0 spiro atoms. The predicted octanol–water partition coefficient (Wildman–Crippen LogP) is 1.45. The molecule has 1 unspecified atom stereocenters. The number of benzene rings is 1. The van der Waals surface area contributed by atoms with Gasteiger partial charge >= 0.3 is 12.0 Å². The fourth-order valence-electron chi connectivity index (χ4n) is 1.99. The summed E-state index contributed by atoms with van der Waals surface area (Å²) in [4.78, 5) is 22.2. The summed E-state index contributed by atoms with van der Waals surface area (Å²) in [7, 11) is 0. The van der Waals surface area contributed by atoms with E-state index in [1.165, 1.54) is 0 Å². The summed E-state index contributed by atoms with van der Waals surface area (Å²) < 4.78 is 10.3. The third-order valence-electron chi connectivity index (χ3n) is 2.97. The van der Waals surface area contributed by atoms with Gasteiger partial charge in [0.15, 0.2) is 6.61 Å². The number of urea groups is 1. The minimum atomic E-state index is -1.04. The maximum absolute atomic E-state index is 11.8. The predicted molar refractivity (Wildman–Crippen MR) is 75.6 cm³/mol. The number of hydrogen-bond acceptors (Lipinski definition) is 4. The number of hydrogen-bond donors (Lipinski definition) is 3. The molecule has 3 N–H and O–H groups in total. The van der Waals surface area contributed by atoms with E-state index in [0.29, 0.717) is 18.0 Å². The second-order valence-electron chi connectivity index (χ2n) is 4.72. The minimum Gasteiger partial charge on any atom is -0.482 e. The number of carbonyl (C=O) groups is 2. The SMILES string of the molecule is O=C(O)COc1ccc(NC(=O)NC2CCCOC2)cc1. The van der Waals surface area contributed by atoms with Crippen LogP contribution in [0.25, 0.3) is 0 Å². The Hall–Kier alpha value is -2.28. The molecule has 0 saturated carbocycles. The quantitative estimate of drug-likeness (QED) is 0.763. The third-order valence-corrected chi connectivity index (χ3v) is 2.97. The van der Waals surface area contributed by atoms with Crippen molar-refractivity contribution in [3.63, 3.8) is 0 Å². The molecule has 1 aromatic carbocycles. The lowest BCUT2D eigenvalue weighted by Gasteiger charge is -2.23. The van der Waals surface area contributed by atoms with Crippen molar-refractivity contribution in [1.82, 2.24) is 5.32 Å². The Bertz CT molecular complexity index is 483. The summed E-state index contributed by atoms with van der Waals surface area (Å²) in [6.07, 6.45) is 1.86. The number of carboxylic acid groups (broad SMARTS) is 1. The Morgan fingerprint density at radius 1 is 1.33 bits per heavy atom. The van der Waals surface area contributed by atoms with Crippen molar-refractivity contribution in [3.05, 3.63) is 24.3 Å². The van der Waals surface area contributed by atoms with Crippen LogP contribution in [0.2, 0.25) is 0 Å². The molecular weight excluding hydrogens is 276 g/mol. The molecule has 0 aliphatic carbocycles. The molecule has 1 fully saturated rings. The number of ether oxygens (including phenoxy) is 2. The van der Waals surface area contributed by atoms with Gasteiger partial charge in [-0.05, 0) is 37.1 Å². The molecule has 0 aromatic heterocycles. The monoisotopic (exact) mass is 294 g/mol. The number of nitrogens with one attached hydrogen (secondary N) is 2. The van der Waals surface area contributed by atoms with Gasteiger partial charge in [-0.15, -0.1) is 0 Å². The van der Waals surface area contributed by atoms with Crippen molar-refractivity contribution >= 4 is 17.7 Å². The summed E-state index contributed by atoms with van der Waals surface area (Å²) in [5, 5.41) is 14.0. The number of anilines is 1. The first-order chi connectivity index (χ1) is 10.1. The lowest BCUT2D eigenvalue weighted by Crippen LogP contribution is -2.42. The lowest BCUT2D eigenvalue weighted by molar-refractivity contribution is -0.139. The first-order valence-corrected chi connectivity index (χ1v) is 6.73. The molecule has 2 rings (SSSR count). The fraction of sp³-hybridized carbons (Fsp3) is 0.429. The zero-order chi connectivity index (χ0) is 15.1. The van der Waals surface area contributed by atoms with Crippen LogP contribution in [0.1, 0.15) is 12.8 Å². The Morgan fingerprint density at radius 2 is 2.10 bits per heavy atom. The van der Waals surface area contributed by atoms with E-state index in [1.54, 1.807) is 24.3 Å². The van der Waals surface area contributed by atoms with Crippen molar-refractivity contribution in [3.8, 4) is 5.75 Å². The molecule has 7 heteroatoms. The second kappa shape index (κ2) is 7.49. The molecule has 1 aliphatic heterocycles. The molecule has 114 valence electrons. The largest absolute Gasteiger partial charge is 0.482 e. The molecule has 2 amide bonds. The molecule has 1 aromatic rings. The molecular formula is C14H18N2O5. The maximum atomic E-state index is 11.8. The average Bonchev–Trinajstić information content (AvgIpc) is 2.47. The standard InChI is InChI=1S/C14H18N2O5/c17-13(18)9-21-12-5-3-10(4-6-12)15-14(19)16-11-2-1-7-20-8-11/h3-6,11H,1-2,7-9H2,(H,17,18)(H2,15,16,19). The van der Waals surface area contributed by atoms with E-state index in [9.17, 15) is 9.59 Å². The van der Waals surface area contributed by atoms with E-state index in [4.69, 9.17) is 14.6 Å². The van der Waals surface area contributed by atoms with Crippen LogP contribution in [0.5, 0.6) is 5.75 Å². The highest BCUT2D eigenvalue weighted by atomic mass is 16.5. The van der Waals surface area contributed by atoms with Crippen LogP contribution in [0.15, 0.2) is 24.3 Å².